The van der Waals surface area contributed by atoms with Crippen LogP contribution in [-0.4, -0.2) is 17.6 Å². The fourth-order valence-corrected chi connectivity index (χ4v) is 3.91. The third kappa shape index (κ3) is 4.73. The van der Waals surface area contributed by atoms with E-state index in [0.717, 1.165) is 25.4 Å². The van der Waals surface area contributed by atoms with E-state index in [9.17, 15) is 4.79 Å². The molecule has 0 aliphatic carbocycles. The van der Waals surface area contributed by atoms with Gasteiger partial charge in [-0.15, -0.1) is 11.3 Å². The molecular formula is C20H20N4OS2. The monoisotopic (exact) mass is 396 g/mol. The number of hydrogen-bond donors (Lipinski definition) is 2. The van der Waals surface area contributed by atoms with Crippen LogP contribution in [-0.2, 0) is 6.42 Å². The zero-order valence-electron chi connectivity index (χ0n) is 15.2. The summed E-state index contributed by atoms with van der Waals surface area (Å²) in [7, 11) is 0. The molecule has 2 aromatic carbocycles. The largest absolute Gasteiger partial charge is 0.337 e. The van der Waals surface area contributed by atoms with Gasteiger partial charge in [0.25, 0.3) is 0 Å². The summed E-state index contributed by atoms with van der Waals surface area (Å²) in [6.07, 6.45) is 0.358. The smallest absolute Gasteiger partial charge is 0.326 e. The number of fused-ring (bicyclic) bond motifs is 1. The molecule has 138 valence electrons. The number of amides is 2. The lowest BCUT2D eigenvalue weighted by atomic mass is 10.1. The minimum absolute atomic E-state index is 0.185. The van der Waals surface area contributed by atoms with E-state index in [0.29, 0.717) is 24.6 Å². The molecular weight excluding hydrogens is 376 g/mol. The van der Waals surface area contributed by atoms with Crippen LogP contribution in [0.5, 0.6) is 0 Å². The number of aromatic nitrogens is 1. The van der Waals surface area contributed by atoms with Crippen molar-refractivity contribution in [1.82, 2.24) is 4.98 Å². The Morgan fingerprint density at radius 3 is 2.70 bits per heavy atom. The molecule has 0 saturated carbocycles. The van der Waals surface area contributed by atoms with Crippen LogP contribution < -0.4 is 10.2 Å². The fraction of sp³-hybridized carbons (Fsp3) is 0.250. The Labute approximate surface area is 167 Å². The number of nitriles is 1. The van der Waals surface area contributed by atoms with Crippen molar-refractivity contribution in [2.45, 2.75) is 20.3 Å². The van der Waals surface area contributed by atoms with Gasteiger partial charge in [0.1, 0.15) is 0 Å². The number of urea groups is 1. The standard InChI is InChI=1S/C20H20N4OS2/c1-13(2)12-24(16-7-8-17-18(11-16)27-20(26)23-17)19(25)22-15-5-3-14(4-6-15)9-10-21/h3-8,11,13H,9,12H2,1-2H3,(H,22,25)(H,23,26). The van der Waals surface area contributed by atoms with Gasteiger partial charge >= 0.3 is 6.03 Å². The molecule has 2 N–H and O–H groups in total. The number of H-pyrrole nitrogens is 1. The first-order valence-corrected chi connectivity index (χ1v) is 9.86. The van der Waals surface area contributed by atoms with E-state index in [-0.39, 0.29) is 6.03 Å². The maximum Gasteiger partial charge on any atom is 0.326 e. The summed E-state index contributed by atoms with van der Waals surface area (Å²) in [6, 6.07) is 15.1. The summed E-state index contributed by atoms with van der Waals surface area (Å²) in [4.78, 5) is 17.8. The Morgan fingerprint density at radius 2 is 2.04 bits per heavy atom. The lowest BCUT2D eigenvalue weighted by Crippen LogP contribution is -2.37. The summed E-state index contributed by atoms with van der Waals surface area (Å²) >= 11 is 6.71. The van der Waals surface area contributed by atoms with Crippen LogP contribution in [0.4, 0.5) is 16.2 Å². The second-order valence-corrected chi connectivity index (χ2v) is 8.38. The number of carbonyl (C=O) groups is 1. The van der Waals surface area contributed by atoms with Crippen molar-refractivity contribution in [2.75, 3.05) is 16.8 Å². The molecule has 2 amide bonds. The van der Waals surface area contributed by atoms with Gasteiger partial charge in [0.2, 0.25) is 0 Å². The number of thiazole rings is 1. The quantitative estimate of drug-likeness (QED) is 0.542. The Bertz CT molecular complexity index is 1040. The molecule has 27 heavy (non-hydrogen) atoms. The summed E-state index contributed by atoms with van der Waals surface area (Å²) in [5.41, 5.74) is 3.44. The molecule has 0 aliphatic rings. The zero-order valence-corrected chi connectivity index (χ0v) is 16.8. The Kier molecular flexibility index (Phi) is 5.89. The van der Waals surface area contributed by atoms with E-state index in [1.165, 1.54) is 11.3 Å². The molecule has 0 fully saturated rings. The Morgan fingerprint density at radius 1 is 1.30 bits per heavy atom. The molecule has 0 saturated heterocycles. The molecule has 0 aliphatic heterocycles. The van der Waals surface area contributed by atoms with E-state index in [1.54, 1.807) is 4.90 Å². The van der Waals surface area contributed by atoms with Crippen molar-refractivity contribution < 1.29 is 4.79 Å². The minimum Gasteiger partial charge on any atom is -0.337 e. The third-order valence-corrected chi connectivity index (χ3v) is 5.19. The molecule has 0 unspecified atom stereocenters. The van der Waals surface area contributed by atoms with E-state index in [2.05, 4.69) is 30.2 Å². The molecule has 0 atom stereocenters. The lowest BCUT2D eigenvalue weighted by molar-refractivity contribution is 0.256. The SMILES string of the molecule is CC(C)CN(C(=O)Nc1ccc(CC#N)cc1)c1ccc2[nH]c(=S)sc2c1. The van der Waals surface area contributed by atoms with Crippen LogP contribution >= 0.6 is 23.6 Å². The van der Waals surface area contributed by atoms with Crippen LogP contribution in [0.1, 0.15) is 19.4 Å². The molecule has 1 heterocycles. The number of nitrogens with zero attached hydrogens (tertiary/aromatic N) is 2. The maximum atomic E-state index is 12.9. The average molecular weight is 397 g/mol. The maximum absolute atomic E-state index is 12.9. The second-order valence-electron chi connectivity index (χ2n) is 6.66. The molecule has 3 aromatic rings. The number of anilines is 2. The highest BCUT2D eigenvalue weighted by Gasteiger charge is 2.18. The zero-order chi connectivity index (χ0) is 19.4. The van der Waals surface area contributed by atoms with Gasteiger partial charge in [0, 0.05) is 17.9 Å². The Hall–Kier alpha value is -2.69. The normalized spacial score (nSPS) is 10.7. The first kappa shape index (κ1) is 19.1. The molecule has 3 rings (SSSR count). The van der Waals surface area contributed by atoms with E-state index < -0.39 is 0 Å². The fourth-order valence-electron chi connectivity index (χ4n) is 2.76. The van der Waals surface area contributed by atoms with Crippen molar-refractivity contribution >= 4 is 51.2 Å². The van der Waals surface area contributed by atoms with Crippen molar-refractivity contribution in [3.8, 4) is 6.07 Å². The number of benzene rings is 2. The van der Waals surface area contributed by atoms with Crippen molar-refractivity contribution in [3.63, 3.8) is 0 Å². The molecule has 0 bridgehead atoms. The molecule has 5 nitrogen and oxygen atoms in total. The predicted molar refractivity (Wildman–Crippen MR) is 114 cm³/mol. The summed E-state index contributed by atoms with van der Waals surface area (Å²) in [6.45, 7) is 4.76. The van der Waals surface area contributed by atoms with Crippen molar-refractivity contribution in [1.29, 1.82) is 5.26 Å². The van der Waals surface area contributed by atoms with Gasteiger partial charge < -0.3 is 10.3 Å². The third-order valence-electron chi connectivity index (χ3n) is 4.00. The highest BCUT2D eigenvalue weighted by Crippen LogP contribution is 2.26. The molecule has 0 spiro atoms. The Balaban J connectivity index is 1.85. The predicted octanol–water partition coefficient (Wildman–Crippen LogP) is 5.72. The topological polar surface area (TPSA) is 71.9 Å². The van der Waals surface area contributed by atoms with Crippen molar-refractivity contribution in [3.05, 3.63) is 52.0 Å². The number of rotatable bonds is 5. The lowest BCUT2D eigenvalue weighted by Gasteiger charge is -2.25. The van der Waals surface area contributed by atoms with Crippen LogP contribution in [0.25, 0.3) is 10.2 Å². The van der Waals surface area contributed by atoms with Gasteiger partial charge in [-0.05, 0) is 54.0 Å². The molecule has 1 aromatic heterocycles. The summed E-state index contributed by atoms with van der Waals surface area (Å²) in [5.74, 6) is 0.314. The van der Waals surface area contributed by atoms with Gasteiger partial charge in [-0.2, -0.15) is 5.26 Å². The van der Waals surface area contributed by atoms with Crippen LogP contribution in [0, 0.1) is 21.2 Å². The van der Waals surface area contributed by atoms with Gasteiger partial charge in [-0.1, -0.05) is 26.0 Å². The molecule has 0 radical (unpaired) electrons. The van der Waals surface area contributed by atoms with Gasteiger partial charge in [0.05, 0.1) is 22.7 Å². The number of hydrogen-bond acceptors (Lipinski definition) is 4. The van der Waals surface area contributed by atoms with Crippen LogP contribution in [0.15, 0.2) is 42.5 Å². The van der Waals surface area contributed by atoms with Gasteiger partial charge in [-0.3, -0.25) is 4.90 Å². The van der Waals surface area contributed by atoms with E-state index in [1.807, 2.05) is 42.5 Å². The number of aromatic amines is 1. The minimum atomic E-state index is -0.185. The highest BCUT2D eigenvalue weighted by atomic mass is 32.1. The number of nitrogens with one attached hydrogen (secondary N) is 2. The van der Waals surface area contributed by atoms with Crippen LogP contribution in [0.3, 0.4) is 0 Å². The first-order chi connectivity index (χ1) is 13.0. The van der Waals surface area contributed by atoms with Gasteiger partial charge in [0.15, 0.2) is 3.95 Å². The molecule has 7 heteroatoms. The summed E-state index contributed by atoms with van der Waals surface area (Å²) < 4.78 is 1.75. The van der Waals surface area contributed by atoms with Crippen molar-refractivity contribution in [2.24, 2.45) is 5.92 Å². The van der Waals surface area contributed by atoms with Gasteiger partial charge in [-0.25, -0.2) is 4.79 Å². The highest BCUT2D eigenvalue weighted by molar-refractivity contribution is 7.73. The van der Waals surface area contributed by atoms with E-state index >= 15 is 0 Å². The first-order valence-electron chi connectivity index (χ1n) is 8.63. The average Bonchev–Trinajstić information content (AvgIpc) is 3.00. The second kappa shape index (κ2) is 8.33. The summed E-state index contributed by atoms with van der Waals surface area (Å²) in [5, 5.41) is 11.7. The number of carbonyl (C=O) groups excluding carboxylic acids is 1. The van der Waals surface area contributed by atoms with E-state index in [4.69, 9.17) is 17.5 Å². The van der Waals surface area contributed by atoms with Crippen LogP contribution in [0.2, 0.25) is 0 Å².